The Hall–Kier alpha value is -2.44. The zero-order valence-corrected chi connectivity index (χ0v) is 20.4. The normalized spacial score (nSPS) is 24.8. The number of nitrogens with one attached hydrogen (secondary N) is 1. The van der Waals surface area contributed by atoms with Crippen molar-refractivity contribution in [3.05, 3.63) is 60.0 Å². The Morgan fingerprint density at radius 2 is 2.00 bits per heavy atom. The van der Waals surface area contributed by atoms with Crippen molar-refractivity contribution in [2.24, 2.45) is 0 Å². The lowest BCUT2D eigenvalue weighted by Gasteiger charge is -2.35. The summed E-state index contributed by atoms with van der Waals surface area (Å²) in [7, 11) is 0. The smallest absolute Gasteiger partial charge is 0.254 e. The van der Waals surface area contributed by atoms with Crippen LogP contribution in [0.5, 0.6) is 0 Å². The first kappa shape index (κ1) is 25.2. The highest BCUT2D eigenvalue weighted by atomic mass is 16.5. The number of nitrogens with zero attached hydrogens (tertiary/aromatic N) is 2. The summed E-state index contributed by atoms with van der Waals surface area (Å²) < 4.78 is 5.43. The van der Waals surface area contributed by atoms with Crippen LogP contribution in [0.3, 0.4) is 0 Å². The van der Waals surface area contributed by atoms with Crippen LogP contribution in [0.1, 0.15) is 59.3 Å². The van der Waals surface area contributed by atoms with Crippen molar-refractivity contribution < 1.29 is 14.3 Å². The van der Waals surface area contributed by atoms with Gasteiger partial charge in [-0.05, 0) is 52.2 Å². The molecule has 3 aliphatic rings. The predicted molar refractivity (Wildman–Crippen MR) is 132 cm³/mol. The van der Waals surface area contributed by atoms with Crippen LogP contribution in [0.15, 0.2) is 60.0 Å². The molecule has 6 heteroatoms. The number of carbonyl (C=O) groups excluding carboxylic acids is 2. The number of rotatable bonds is 9. The molecule has 1 saturated carbocycles. The van der Waals surface area contributed by atoms with Gasteiger partial charge >= 0.3 is 0 Å². The molecule has 0 aromatic heterocycles. The molecular weight excluding hydrogens is 414 g/mol. The van der Waals surface area contributed by atoms with E-state index in [1.807, 2.05) is 43.9 Å². The minimum absolute atomic E-state index is 0.0380. The molecule has 180 valence electrons. The summed E-state index contributed by atoms with van der Waals surface area (Å²) >= 11 is 0. The highest BCUT2D eigenvalue weighted by molar-refractivity contribution is 5.96. The molecular formula is C27H39N3O3. The van der Waals surface area contributed by atoms with Gasteiger partial charge in [0.2, 0.25) is 5.91 Å². The highest BCUT2D eigenvalue weighted by Gasteiger charge is 2.45. The monoisotopic (exact) mass is 453 g/mol. The quantitative estimate of drug-likeness (QED) is 0.531. The van der Waals surface area contributed by atoms with E-state index in [-0.39, 0.29) is 30.4 Å². The molecule has 1 aliphatic carbocycles. The fraction of sp³-hybridized carbons (Fsp3) is 0.556. The summed E-state index contributed by atoms with van der Waals surface area (Å²) in [6.07, 6.45) is 13.7. The predicted octanol–water partition coefficient (Wildman–Crippen LogP) is 4.23. The molecule has 1 saturated heterocycles. The SMILES string of the molecule is C=CC1=C(C)N(C2CCCCC2)C(=O)C1N(C(=O)CN[C@H]1CCOC1)C(/C=C\C)=C/C(=C)C. The summed E-state index contributed by atoms with van der Waals surface area (Å²) in [4.78, 5) is 31.2. The first-order valence-electron chi connectivity index (χ1n) is 12.2. The summed E-state index contributed by atoms with van der Waals surface area (Å²) in [6.45, 7) is 15.2. The van der Waals surface area contributed by atoms with Gasteiger partial charge in [0.05, 0.1) is 13.2 Å². The van der Waals surface area contributed by atoms with Gasteiger partial charge in [-0.3, -0.25) is 14.5 Å². The Bertz CT molecular complexity index is 858. The molecule has 0 aromatic rings. The zero-order chi connectivity index (χ0) is 24.0. The van der Waals surface area contributed by atoms with E-state index in [4.69, 9.17) is 4.74 Å². The van der Waals surface area contributed by atoms with Gasteiger partial charge in [0.1, 0.15) is 6.04 Å². The lowest BCUT2D eigenvalue weighted by atomic mass is 9.94. The Labute approximate surface area is 198 Å². The molecule has 2 atom stereocenters. The third-order valence-electron chi connectivity index (χ3n) is 6.71. The molecule has 2 fully saturated rings. The number of hydrogen-bond acceptors (Lipinski definition) is 4. The van der Waals surface area contributed by atoms with Crippen molar-refractivity contribution in [3.8, 4) is 0 Å². The molecule has 2 amide bonds. The molecule has 0 bridgehead atoms. The van der Waals surface area contributed by atoms with Crippen molar-refractivity contribution >= 4 is 11.8 Å². The fourth-order valence-corrected chi connectivity index (χ4v) is 5.14. The molecule has 33 heavy (non-hydrogen) atoms. The minimum Gasteiger partial charge on any atom is -0.380 e. The van der Waals surface area contributed by atoms with Gasteiger partial charge in [-0.25, -0.2) is 0 Å². The zero-order valence-electron chi connectivity index (χ0n) is 20.4. The second kappa shape index (κ2) is 11.6. The minimum atomic E-state index is -0.722. The average molecular weight is 454 g/mol. The molecule has 0 spiro atoms. The molecule has 1 N–H and O–H groups in total. The van der Waals surface area contributed by atoms with Crippen molar-refractivity contribution in [2.75, 3.05) is 19.8 Å². The average Bonchev–Trinajstić information content (AvgIpc) is 3.39. The second-order valence-corrected chi connectivity index (χ2v) is 9.27. The van der Waals surface area contributed by atoms with Crippen LogP contribution < -0.4 is 5.32 Å². The maximum atomic E-state index is 13.9. The Kier molecular flexibility index (Phi) is 8.87. The number of ether oxygens (including phenoxy) is 1. The van der Waals surface area contributed by atoms with Crippen molar-refractivity contribution in [1.82, 2.24) is 15.1 Å². The number of allylic oxidation sites excluding steroid dienone is 5. The van der Waals surface area contributed by atoms with Crippen LogP contribution in [0.2, 0.25) is 0 Å². The van der Waals surface area contributed by atoms with Crippen LogP contribution in [0.4, 0.5) is 0 Å². The van der Waals surface area contributed by atoms with E-state index < -0.39 is 6.04 Å². The van der Waals surface area contributed by atoms with Crippen LogP contribution in [-0.2, 0) is 14.3 Å². The van der Waals surface area contributed by atoms with Crippen molar-refractivity contribution in [1.29, 1.82) is 0 Å². The highest BCUT2D eigenvalue weighted by Crippen LogP contribution is 2.36. The third kappa shape index (κ3) is 5.74. The lowest BCUT2D eigenvalue weighted by molar-refractivity contribution is -0.140. The van der Waals surface area contributed by atoms with E-state index in [1.54, 1.807) is 11.0 Å². The van der Waals surface area contributed by atoms with Crippen molar-refractivity contribution in [2.45, 2.75) is 77.4 Å². The van der Waals surface area contributed by atoms with Gasteiger partial charge in [-0.2, -0.15) is 0 Å². The largest absolute Gasteiger partial charge is 0.380 e. The number of carbonyl (C=O) groups is 2. The summed E-state index contributed by atoms with van der Waals surface area (Å²) in [5.41, 5.74) is 3.20. The molecule has 2 heterocycles. The van der Waals surface area contributed by atoms with Crippen molar-refractivity contribution in [3.63, 3.8) is 0 Å². The molecule has 0 radical (unpaired) electrons. The number of hydrogen-bond donors (Lipinski definition) is 1. The van der Waals surface area contributed by atoms with Crippen LogP contribution in [-0.4, -0.2) is 59.5 Å². The van der Waals surface area contributed by atoms with Gasteiger partial charge in [0.25, 0.3) is 5.91 Å². The number of amides is 2. The summed E-state index contributed by atoms with van der Waals surface area (Å²) in [5.74, 6) is -0.188. The van der Waals surface area contributed by atoms with E-state index in [9.17, 15) is 9.59 Å². The van der Waals surface area contributed by atoms with Crippen LogP contribution in [0, 0.1) is 0 Å². The molecule has 3 rings (SSSR count). The molecule has 6 nitrogen and oxygen atoms in total. The summed E-state index contributed by atoms with van der Waals surface area (Å²) in [5, 5.41) is 3.31. The maximum Gasteiger partial charge on any atom is 0.254 e. The van der Waals surface area contributed by atoms with Gasteiger partial charge in [0, 0.05) is 35.7 Å². The topological polar surface area (TPSA) is 61.9 Å². The van der Waals surface area contributed by atoms with Gasteiger partial charge in [-0.15, -0.1) is 0 Å². The molecule has 2 aliphatic heterocycles. The van der Waals surface area contributed by atoms with Gasteiger partial charge in [-0.1, -0.05) is 50.1 Å². The van der Waals surface area contributed by atoms with Crippen LogP contribution in [0.25, 0.3) is 0 Å². The summed E-state index contributed by atoms with van der Waals surface area (Å²) in [6, 6.07) is -0.382. The fourth-order valence-electron chi connectivity index (χ4n) is 5.14. The first-order valence-corrected chi connectivity index (χ1v) is 12.2. The van der Waals surface area contributed by atoms with Gasteiger partial charge in [0.15, 0.2) is 0 Å². The van der Waals surface area contributed by atoms with E-state index >= 15 is 0 Å². The first-order chi connectivity index (χ1) is 15.9. The Morgan fingerprint density at radius 1 is 1.27 bits per heavy atom. The second-order valence-electron chi connectivity index (χ2n) is 9.27. The van der Waals surface area contributed by atoms with E-state index in [1.165, 1.54) is 6.42 Å². The van der Waals surface area contributed by atoms with Gasteiger partial charge < -0.3 is 15.0 Å². The maximum absolute atomic E-state index is 13.9. The van der Waals surface area contributed by atoms with E-state index in [0.717, 1.165) is 48.9 Å². The Balaban J connectivity index is 1.98. The van der Waals surface area contributed by atoms with Crippen LogP contribution >= 0.6 is 0 Å². The Morgan fingerprint density at radius 3 is 2.58 bits per heavy atom. The lowest BCUT2D eigenvalue weighted by Crippen LogP contribution is -2.51. The van der Waals surface area contributed by atoms with E-state index in [2.05, 4.69) is 18.5 Å². The van der Waals surface area contributed by atoms with E-state index in [0.29, 0.717) is 18.9 Å². The molecule has 1 unspecified atom stereocenters. The molecule has 0 aromatic carbocycles. The third-order valence-corrected chi connectivity index (χ3v) is 6.71. The standard InChI is InChI=1S/C27H39N3O3/c1-6-11-23(16-19(3)4)30(25(31)17-28-21-14-15-33-18-21)26-24(7-2)20(5)29(27(26)32)22-12-9-8-10-13-22/h6-7,11,16,21-22,26,28H,2-3,8-10,12-15,17-18H2,1,4-5H3/b11-6-,23-16+/t21-,26?/m0/s1.